The van der Waals surface area contributed by atoms with Crippen molar-refractivity contribution in [1.29, 1.82) is 0 Å². The normalized spacial score (nSPS) is 28.2. The molecule has 0 radical (unpaired) electrons. The predicted octanol–water partition coefficient (Wildman–Crippen LogP) is 1.28. The van der Waals surface area contributed by atoms with Crippen molar-refractivity contribution in [3.05, 3.63) is 0 Å². The summed E-state index contributed by atoms with van der Waals surface area (Å²) in [6.07, 6.45) is -2.42. The van der Waals surface area contributed by atoms with Crippen LogP contribution in [0.3, 0.4) is 0 Å². The molecule has 1 rings (SSSR count). The second kappa shape index (κ2) is 4.68. The van der Waals surface area contributed by atoms with Crippen molar-refractivity contribution in [3.63, 3.8) is 0 Å². The molecule has 0 N–H and O–H groups in total. The fraction of sp³-hybridized carbons (Fsp3) is 0.889. The Morgan fingerprint density at radius 3 is 2.79 bits per heavy atom. The van der Waals surface area contributed by atoms with Crippen molar-refractivity contribution >= 4 is 5.91 Å². The van der Waals surface area contributed by atoms with Crippen molar-refractivity contribution in [2.24, 2.45) is 0 Å². The van der Waals surface area contributed by atoms with Gasteiger partial charge in [-0.25, -0.2) is 0 Å². The smallest absolute Gasteiger partial charge is 0.315 e. The largest absolute Gasteiger partial charge is 0.375 e. The van der Waals surface area contributed by atoms with E-state index in [1.807, 2.05) is 6.92 Å². The molecule has 1 aliphatic rings. The fourth-order valence-electron chi connectivity index (χ4n) is 1.58. The monoisotopic (exact) mass is 207 g/mol. The van der Waals surface area contributed by atoms with Gasteiger partial charge in [-0.2, -0.15) is 8.78 Å². The standard InChI is InChI=1S/C9H15F2NO2/c1-3-7-5-14-6(2)4-12(7)9(13)8(10)11/h6-8H,3-5H2,1-2H3. The number of morpholine rings is 1. The molecule has 5 heteroatoms. The summed E-state index contributed by atoms with van der Waals surface area (Å²) in [4.78, 5) is 12.4. The Bertz CT molecular complexity index is 211. The molecule has 2 unspecified atom stereocenters. The third-order valence-electron chi connectivity index (χ3n) is 2.41. The Labute approximate surface area is 82.0 Å². The van der Waals surface area contributed by atoms with Crippen molar-refractivity contribution in [2.45, 2.75) is 38.8 Å². The maximum absolute atomic E-state index is 12.2. The molecule has 2 atom stereocenters. The Balaban J connectivity index is 2.65. The average molecular weight is 207 g/mol. The minimum absolute atomic E-state index is 0.152. The van der Waals surface area contributed by atoms with Gasteiger partial charge in [0.25, 0.3) is 5.91 Å². The third-order valence-corrected chi connectivity index (χ3v) is 2.41. The van der Waals surface area contributed by atoms with E-state index in [0.29, 0.717) is 13.0 Å². The first-order valence-electron chi connectivity index (χ1n) is 4.76. The minimum Gasteiger partial charge on any atom is -0.375 e. The summed E-state index contributed by atoms with van der Waals surface area (Å²) in [7, 11) is 0. The zero-order valence-corrected chi connectivity index (χ0v) is 8.37. The van der Waals surface area contributed by atoms with E-state index in [0.717, 1.165) is 0 Å². The number of alkyl halides is 2. The fourth-order valence-corrected chi connectivity index (χ4v) is 1.58. The van der Waals surface area contributed by atoms with Gasteiger partial charge in [-0.1, -0.05) is 6.92 Å². The molecule has 1 amide bonds. The molecule has 0 saturated carbocycles. The average Bonchev–Trinajstić information content (AvgIpc) is 2.16. The third kappa shape index (κ3) is 2.41. The van der Waals surface area contributed by atoms with Crippen LogP contribution in [0, 0.1) is 0 Å². The molecule has 0 aliphatic carbocycles. The van der Waals surface area contributed by atoms with Crippen LogP contribution in [0.15, 0.2) is 0 Å². The van der Waals surface area contributed by atoms with Gasteiger partial charge in [0.05, 0.1) is 18.8 Å². The summed E-state index contributed by atoms with van der Waals surface area (Å²) in [6.45, 7) is 4.26. The maximum Gasteiger partial charge on any atom is 0.315 e. The number of hydrogen-bond donors (Lipinski definition) is 0. The number of ether oxygens (including phenoxy) is 1. The Morgan fingerprint density at radius 1 is 1.64 bits per heavy atom. The SMILES string of the molecule is CCC1COC(C)CN1C(=O)C(F)F. The van der Waals surface area contributed by atoms with Crippen LogP contribution in [-0.2, 0) is 9.53 Å². The van der Waals surface area contributed by atoms with E-state index >= 15 is 0 Å². The first kappa shape index (κ1) is 11.4. The van der Waals surface area contributed by atoms with Crippen molar-refractivity contribution < 1.29 is 18.3 Å². The Kier molecular flexibility index (Phi) is 3.80. The van der Waals surface area contributed by atoms with Crippen LogP contribution in [0.25, 0.3) is 0 Å². The minimum atomic E-state index is -2.91. The van der Waals surface area contributed by atoms with Gasteiger partial charge in [0, 0.05) is 6.54 Å². The number of rotatable bonds is 2. The molecule has 0 aromatic rings. The van der Waals surface area contributed by atoms with E-state index in [9.17, 15) is 13.6 Å². The molecule has 1 aliphatic heterocycles. The van der Waals surface area contributed by atoms with Crippen LogP contribution >= 0.6 is 0 Å². The molecule has 0 aromatic heterocycles. The topological polar surface area (TPSA) is 29.5 Å². The van der Waals surface area contributed by atoms with E-state index in [2.05, 4.69) is 0 Å². The Hall–Kier alpha value is -0.710. The summed E-state index contributed by atoms with van der Waals surface area (Å²) >= 11 is 0. The summed E-state index contributed by atoms with van der Waals surface area (Å²) in [5.41, 5.74) is 0. The first-order valence-corrected chi connectivity index (χ1v) is 4.76. The maximum atomic E-state index is 12.2. The van der Waals surface area contributed by atoms with E-state index in [4.69, 9.17) is 4.74 Å². The number of halogens is 2. The van der Waals surface area contributed by atoms with Gasteiger partial charge in [-0.15, -0.1) is 0 Å². The highest BCUT2D eigenvalue weighted by Crippen LogP contribution is 2.16. The molecule has 14 heavy (non-hydrogen) atoms. The lowest BCUT2D eigenvalue weighted by Gasteiger charge is -2.38. The molecule has 1 heterocycles. The van der Waals surface area contributed by atoms with E-state index in [-0.39, 0.29) is 18.7 Å². The molecular formula is C9H15F2NO2. The molecular weight excluding hydrogens is 192 g/mol. The molecule has 82 valence electrons. The summed E-state index contributed by atoms with van der Waals surface area (Å²) < 4.78 is 29.7. The first-order chi connectivity index (χ1) is 6.56. The van der Waals surface area contributed by atoms with Crippen LogP contribution in [0.2, 0.25) is 0 Å². The van der Waals surface area contributed by atoms with Gasteiger partial charge in [0.1, 0.15) is 0 Å². The van der Waals surface area contributed by atoms with Crippen molar-refractivity contribution in [3.8, 4) is 0 Å². The van der Waals surface area contributed by atoms with Gasteiger partial charge in [-0.05, 0) is 13.3 Å². The molecule has 0 aromatic carbocycles. The van der Waals surface area contributed by atoms with Gasteiger partial charge in [-0.3, -0.25) is 4.79 Å². The second-order valence-corrected chi connectivity index (χ2v) is 3.50. The Morgan fingerprint density at radius 2 is 2.29 bits per heavy atom. The van der Waals surface area contributed by atoms with Crippen molar-refractivity contribution in [1.82, 2.24) is 4.90 Å². The van der Waals surface area contributed by atoms with Crippen LogP contribution in [0.1, 0.15) is 20.3 Å². The van der Waals surface area contributed by atoms with Gasteiger partial charge in [0.2, 0.25) is 0 Å². The number of amides is 1. The number of carbonyl (C=O) groups is 1. The van der Waals surface area contributed by atoms with E-state index in [1.165, 1.54) is 4.90 Å². The lowest BCUT2D eigenvalue weighted by Crippen LogP contribution is -2.53. The zero-order chi connectivity index (χ0) is 10.7. The zero-order valence-electron chi connectivity index (χ0n) is 8.37. The van der Waals surface area contributed by atoms with Crippen LogP contribution < -0.4 is 0 Å². The summed E-state index contributed by atoms with van der Waals surface area (Å²) in [5, 5.41) is 0. The van der Waals surface area contributed by atoms with Crippen LogP contribution in [0.4, 0.5) is 8.78 Å². The van der Waals surface area contributed by atoms with Gasteiger partial charge >= 0.3 is 6.43 Å². The molecule has 3 nitrogen and oxygen atoms in total. The molecule has 1 saturated heterocycles. The number of carbonyl (C=O) groups excluding carboxylic acids is 1. The lowest BCUT2D eigenvalue weighted by atomic mass is 10.1. The highest BCUT2D eigenvalue weighted by molar-refractivity contribution is 5.79. The predicted molar refractivity (Wildman–Crippen MR) is 47.2 cm³/mol. The quantitative estimate of drug-likeness (QED) is 0.682. The van der Waals surface area contributed by atoms with Crippen molar-refractivity contribution in [2.75, 3.05) is 13.2 Å². The number of nitrogens with zero attached hydrogens (tertiary/aromatic N) is 1. The number of hydrogen-bond acceptors (Lipinski definition) is 2. The second-order valence-electron chi connectivity index (χ2n) is 3.50. The molecule has 0 bridgehead atoms. The van der Waals surface area contributed by atoms with Crippen LogP contribution in [-0.4, -0.2) is 42.5 Å². The van der Waals surface area contributed by atoms with E-state index in [1.54, 1.807) is 6.92 Å². The van der Waals surface area contributed by atoms with Gasteiger partial charge < -0.3 is 9.64 Å². The van der Waals surface area contributed by atoms with Crippen LogP contribution in [0.5, 0.6) is 0 Å². The highest BCUT2D eigenvalue weighted by Gasteiger charge is 2.33. The van der Waals surface area contributed by atoms with E-state index < -0.39 is 12.3 Å². The molecule has 0 spiro atoms. The van der Waals surface area contributed by atoms with Gasteiger partial charge in [0.15, 0.2) is 0 Å². The highest BCUT2D eigenvalue weighted by atomic mass is 19.3. The summed E-state index contributed by atoms with van der Waals surface area (Å²) in [5.74, 6) is -1.08. The molecule has 1 fully saturated rings. The lowest BCUT2D eigenvalue weighted by molar-refractivity contribution is -0.155. The summed E-state index contributed by atoms with van der Waals surface area (Å²) in [6, 6.07) is -0.201.